The fourth-order valence-corrected chi connectivity index (χ4v) is 5.14. The van der Waals surface area contributed by atoms with Gasteiger partial charge in [-0.15, -0.1) is 11.8 Å². The van der Waals surface area contributed by atoms with Crippen molar-refractivity contribution in [3.63, 3.8) is 0 Å². The molecule has 0 aliphatic rings. The molecule has 1 aromatic heterocycles. The van der Waals surface area contributed by atoms with E-state index < -0.39 is 9.84 Å². The van der Waals surface area contributed by atoms with Gasteiger partial charge in [0.15, 0.2) is 9.84 Å². The first-order chi connectivity index (χ1) is 16.2. The van der Waals surface area contributed by atoms with Gasteiger partial charge in [-0.2, -0.15) is 0 Å². The molecule has 4 rings (SSSR count). The number of aromatic nitrogens is 1. The molecule has 174 valence electrons. The normalized spacial score (nSPS) is 11.4. The summed E-state index contributed by atoms with van der Waals surface area (Å²) in [6, 6.07) is 24.7. The predicted octanol–water partition coefficient (Wildman–Crippen LogP) is 6.14. The Bertz CT molecular complexity index is 1470. The highest BCUT2D eigenvalue weighted by Gasteiger charge is 2.19. The number of hydrogen-bond acceptors (Lipinski definition) is 4. The Morgan fingerprint density at radius 1 is 0.912 bits per heavy atom. The Labute approximate surface area is 204 Å². The van der Waals surface area contributed by atoms with Gasteiger partial charge in [0, 0.05) is 33.8 Å². The highest BCUT2D eigenvalue weighted by atomic mass is 32.2. The van der Waals surface area contributed by atoms with Crippen LogP contribution in [0.5, 0.6) is 0 Å². The molecule has 0 atom stereocenters. The van der Waals surface area contributed by atoms with E-state index >= 15 is 0 Å². The summed E-state index contributed by atoms with van der Waals surface area (Å²) < 4.78 is 25.5. The average molecular weight is 491 g/mol. The number of aryl methyl sites for hydroxylation is 1. The van der Waals surface area contributed by atoms with Crippen molar-refractivity contribution in [1.82, 2.24) is 4.57 Å². The minimum absolute atomic E-state index is 0.214. The summed E-state index contributed by atoms with van der Waals surface area (Å²) >= 11 is 1.70. The zero-order valence-corrected chi connectivity index (χ0v) is 21.1. The molecule has 1 N–H and O–H groups in total. The average Bonchev–Trinajstić information content (AvgIpc) is 3.12. The van der Waals surface area contributed by atoms with Crippen LogP contribution in [0.3, 0.4) is 0 Å². The molecule has 0 saturated carbocycles. The van der Waals surface area contributed by atoms with Gasteiger partial charge >= 0.3 is 0 Å². The molecular formula is C27H26N2O3S2. The minimum atomic E-state index is -3.29. The molecule has 5 nitrogen and oxygen atoms in total. The van der Waals surface area contributed by atoms with E-state index in [0.717, 1.165) is 34.5 Å². The predicted molar refractivity (Wildman–Crippen MR) is 140 cm³/mol. The molecule has 7 heteroatoms. The van der Waals surface area contributed by atoms with Crippen molar-refractivity contribution < 1.29 is 13.2 Å². The number of anilines is 1. The van der Waals surface area contributed by atoms with Gasteiger partial charge in [-0.1, -0.05) is 30.3 Å². The number of thioether (sulfide) groups is 1. The summed E-state index contributed by atoms with van der Waals surface area (Å²) in [5, 5.41) is 2.88. The van der Waals surface area contributed by atoms with Crippen LogP contribution in [0, 0.1) is 13.8 Å². The number of rotatable bonds is 6. The molecule has 0 spiro atoms. The van der Waals surface area contributed by atoms with Crippen LogP contribution in [-0.2, 0) is 9.84 Å². The van der Waals surface area contributed by atoms with Gasteiger partial charge in [-0.3, -0.25) is 4.79 Å². The van der Waals surface area contributed by atoms with Crippen LogP contribution in [0.15, 0.2) is 88.7 Å². The zero-order valence-electron chi connectivity index (χ0n) is 19.5. The Balaban J connectivity index is 1.69. The second-order valence-corrected chi connectivity index (χ2v) is 11.0. The summed E-state index contributed by atoms with van der Waals surface area (Å²) in [5.41, 5.74) is 6.09. The minimum Gasteiger partial charge on any atom is -0.322 e. The molecule has 0 aliphatic carbocycles. The summed E-state index contributed by atoms with van der Waals surface area (Å²) in [6.07, 6.45) is 3.22. The molecule has 0 radical (unpaired) electrons. The maximum Gasteiger partial charge on any atom is 0.257 e. The standard InChI is InChI=1S/C27H26N2O3S2/c1-18-16-25(27(30)28-21-12-14-23(15-13-21)34(4,31)32)19(2)29(18)26-11-6-5-10-24(26)20-8-7-9-22(17-20)33-3/h5-17H,1-4H3,(H,28,30). The summed E-state index contributed by atoms with van der Waals surface area (Å²) in [4.78, 5) is 14.5. The van der Waals surface area contributed by atoms with E-state index in [-0.39, 0.29) is 10.8 Å². The first-order valence-electron chi connectivity index (χ1n) is 10.7. The Morgan fingerprint density at radius 2 is 1.62 bits per heavy atom. The molecular weight excluding hydrogens is 464 g/mol. The van der Waals surface area contributed by atoms with E-state index in [4.69, 9.17) is 0 Å². The van der Waals surface area contributed by atoms with Gasteiger partial charge in [0.05, 0.1) is 16.1 Å². The van der Waals surface area contributed by atoms with Gasteiger partial charge in [0.2, 0.25) is 0 Å². The Morgan fingerprint density at radius 3 is 2.29 bits per heavy atom. The lowest BCUT2D eigenvalue weighted by atomic mass is 10.0. The fourth-order valence-electron chi connectivity index (χ4n) is 4.05. The number of hydrogen-bond donors (Lipinski definition) is 1. The van der Waals surface area contributed by atoms with E-state index in [1.54, 1.807) is 23.9 Å². The number of sulfone groups is 1. The van der Waals surface area contributed by atoms with Crippen LogP contribution in [0.2, 0.25) is 0 Å². The molecule has 0 saturated heterocycles. The van der Waals surface area contributed by atoms with Crippen molar-refractivity contribution in [2.75, 3.05) is 17.8 Å². The zero-order chi connectivity index (χ0) is 24.5. The van der Waals surface area contributed by atoms with Crippen LogP contribution in [-0.4, -0.2) is 31.4 Å². The van der Waals surface area contributed by atoms with E-state index in [2.05, 4.69) is 52.5 Å². The highest BCUT2D eigenvalue weighted by Crippen LogP contribution is 2.32. The Hall–Kier alpha value is -3.29. The smallest absolute Gasteiger partial charge is 0.257 e. The third kappa shape index (κ3) is 4.81. The van der Waals surface area contributed by atoms with Crippen LogP contribution in [0.4, 0.5) is 5.69 Å². The van der Waals surface area contributed by atoms with E-state index in [9.17, 15) is 13.2 Å². The number of nitrogens with zero attached hydrogens (tertiary/aromatic N) is 1. The molecule has 0 aliphatic heterocycles. The first-order valence-corrected chi connectivity index (χ1v) is 13.8. The lowest BCUT2D eigenvalue weighted by Gasteiger charge is -2.16. The lowest BCUT2D eigenvalue weighted by molar-refractivity contribution is 0.102. The number of nitrogens with one attached hydrogen (secondary N) is 1. The number of amides is 1. The molecule has 34 heavy (non-hydrogen) atoms. The van der Waals surface area contributed by atoms with Crippen LogP contribution in [0.25, 0.3) is 16.8 Å². The molecule has 0 fully saturated rings. The van der Waals surface area contributed by atoms with Crippen LogP contribution in [0.1, 0.15) is 21.7 Å². The number of carbonyl (C=O) groups excluding carboxylic acids is 1. The summed E-state index contributed by atoms with van der Waals surface area (Å²) in [5.74, 6) is -0.242. The van der Waals surface area contributed by atoms with E-state index in [1.807, 2.05) is 32.0 Å². The maximum absolute atomic E-state index is 13.1. The maximum atomic E-state index is 13.1. The number of benzene rings is 3. The van der Waals surface area contributed by atoms with Gasteiger partial charge in [0.1, 0.15) is 0 Å². The van der Waals surface area contributed by atoms with Crippen molar-refractivity contribution in [3.05, 3.63) is 95.8 Å². The monoisotopic (exact) mass is 490 g/mol. The molecule has 1 heterocycles. The van der Waals surface area contributed by atoms with Crippen molar-refractivity contribution >= 4 is 33.2 Å². The number of carbonyl (C=O) groups is 1. The molecule has 0 unspecified atom stereocenters. The second-order valence-electron chi connectivity index (χ2n) is 8.12. The van der Waals surface area contributed by atoms with Gasteiger partial charge in [-0.05, 0) is 74.2 Å². The SMILES string of the molecule is CSc1cccc(-c2ccccc2-n2c(C)cc(C(=O)Nc3ccc(S(C)(=O)=O)cc3)c2C)c1. The van der Waals surface area contributed by atoms with E-state index in [1.165, 1.54) is 17.0 Å². The van der Waals surface area contributed by atoms with Crippen LogP contribution >= 0.6 is 11.8 Å². The third-order valence-electron chi connectivity index (χ3n) is 5.74. The molecule has 3 aromatic carbocycles. The summed E-state index contributed by atoms with van der Waals surface area (Å²) in [6.45, 7) is 3.92. The second kappa shape index (κ2) is 9.52. The summed E-state index contributed by atoms with van der Waals surface area (Å²) in [7, 11) is -3.29. The quantitative estimate of drug-likeness (QED) is 0.330. The van der Waals surface area contributed by atoms with E-state index in [0.29, 0.717) is 11.3 Å². The van der Waals surface area contributed by atoms with Crippen molar-refractivity contribution in [2.45, 2.75) is 23.6 Å². The van der Waals surface area contributed by atoms with Gasteiger partial charge in [0.25, 0.3) is 5.91 Å². The number of para-hydroxylation sites is 1. The fraction of sp³-hybridized carbons (Fsp3) is 0.148. The third-order valence-corrected chi connectivity index (χ3v) is 7.60. The Kier molecular flexibility index (Phi) is 6.68. The van der Waals surface area contributed by atoms with Gasteiger partial charge in [-0.25, -0.2) is 8.42 Å². The lowest BCUT2D eigenvalue weighted by Crippen LogP contribution is -2.13. The first kappa shape index (κ1) is 23.9. The van der Waals surface area contributed by atoms with Crippen molar-refractivity contribution in [1.29, 1.82) is 0 Å². The largest absolute Gasteiger partial charge is 0.322 e. The van der Waals surface area contributed by atoms with Crippen molar-refractivity contribution in [2.24, 2.45) is 0 Å². The van der Waals surface area contributed by atoms with Crippen molar-refractivity contribution in [3.8, 4) is 16.8 Å². The van der Waals surface area contributed by atoms with Gasteiger partial charge < -0.3 is 9.88 Å². The topological polar surface area (TPSA) is 68.2 Å². The molecule has 4 aromatic rings. The molecule has 1 amide bonds. The van der Waals surface area contributed by atoms with Crippen LogP contribution < -0.4 is 5.32 Å². The molecule has 0 bridgehead atoms. The highest BCUT2D eigenvalue weighted by molar-refractivity contribution is 7.98.